The van der Waals surface area contributed by atoms with Crippen LogP contribution in [0, 0.1) is 0 Å². The Morgan fingerprint density at radius 1 is 1.30 bits per heavy atom. The number of aryl methyl sites for hydroxylation is 1. The van der Waals surface area contributed by atoms with Gasteiger partial charge in [0, 0.05) is 30.5 Å². The first kappa shape index (κ1) is 14.6. The van der Waals surface area contributed by atoms with E-state index in [4.69, 9.17) is 4.74 Å². The van der Waals surface area contributed by atoms with E-state index in [1.807, 2.05) is 30.9 Å². The average molecular weight is 273 g/mol. The van der Waals surface area contributed by atoms with E-state index in [-0.39, 0.29) is 0 Å². The molecule has 1 atom stereocenters. The summed E-state index contributed by atoms with van der Waals surface area (Å²) in [7, 11) is 1.72. The second-order valence-corrected chi connectivity index (χ2v) is 4.93. The SMILES string of the molecule is COc1ccccc1C(C)NCCCCn1ccnc1. The first-order valence-corrected chi connectivity index (χ1v) is 7.13. The molecule has 4 nitrogen and oxygen atoms in total. The van der Waals surface area contributed by atoms with E-state index in [0.29, 0.717) is 6.04 Å². The van der Waals surface area contributed by atoms with Crippen LogP contribution in [0.2, 0.25) is 0 Å². The smallest absolute Gasteiger partial charge is 0.123 e. The zero-order valence-corrected chi connectivity index (χ0v) is 12.2. The molecule has 0 saturated heterocycles. The molecule has 0 aliphatic carbocycles. The predicted octanol–water partition coefficient (Wildman–Crippen LogP) is 3.02. The van der Waals surface area contributed by atoms with Crippen LogP contribution in [-0.4, -0.2) is 23.2 Å². The average Bonchev–Trinajstić information content (AvgIpc) is 3.00. The van der Waals surface area contributed by atoms with Crippen LogP contribution < -0.4 is 10.1 Å². The Kier molecular flexibility index (Phi) is 5.62. The highest BCUT2D eigenvalue weighted by Crippen LogP contribution is 2.24. The number of benzene rings is 1. The predicted molar refractivity (Wildman–Crippen MR) is 80.9 cm³/mol. The van der Waals surface area contributed by atoms with Gasteiger partial charge < -0.3 is 14.6 Å². The van der Waals surface area contributed by atoms with E-state index in [1.165, 1.54) is 5.56 Å². The second kappa shape index (κ2) is 7.70. The van der Waals surface area contributed by atoms with Crippen molar-refractivity contribution in [2.75, 3.05) is 13.7 Å². The van der Waals surface area contributed by atoms with Gasteiger partial charge in [0.15, 0.2) is 0 Å². The molecule has 1 heterocycles. The van der Waals surface area contributed by atoms with Gasteiger partial charge in [0.25, 0.3) is 0 Å². The van der Waals surface area contributed by atoms with E-state index >= 15 is 0 Å². The van der Waals surface area contributed by atoms with Crippen LogP contribution in [0.15, 0.2) is 43.0 Å². The fourth-order valence-corrected chi connectivity index (χ4v) is 2.29. The molecule has 20 heavy (non-hydrogen) atoms. The Hall–Kier alpha value is -1.81. The van der Waals surface area contributed by atoms with Gasteiger partial charge in [-0.15, -0.1) is 0 Å². The maximum absolute atomic E-state index is 5.39. The number of imidazole rings is 1. The van der Waals surface area contributed by atoms with Crippen molar-refractivity contribution in [1.82, 2.24) is 14.9 Å². The number of nitrogens with one attached hydrogen (secondary N) is 1. The third kappa shape index (κ3) is 4.10. The summed E-state index contributed by atoms with van der Waals surface area (Å²) >= 11 is 0. The molecule has 2 aromatic rings. The molecule has 0 radical (unpaired) electrons. The highest BCUT2D eigenvalue weighted by Gasteiger charge is 2.09. The Morgan fingerprint density at radius 2 is 2.15 bits per heavy atom. The summed E-state index contributed by atoms with van der Waals surface area (Å²) in [6, 6.07) is 8.48. The molecule has 1 aromatic heterocycles. The minimum absolute atomic E-state index is 0.305. The fourth-order valence-electron chi connectivity index (χ4n) is 2.29. The van der Waals surface area contributed by atoms with Gasteiger partial charge in [0.2, 0.25) is 0 Å². The number of ether oxygens (including phenoxy) is 1. The molecule has 1 unspecified atom stereocenters. The molecular weight excluding hydrogens is 250 g/mol. The summed E-state index contributed by atoms with van der Waals surface area (Å²) in [5, 5.41) is 3.55. The van der Waals surface area contributed by atoms with Crippen molar-refractivity contribution in [3.8, 4) is 5.75 Å². The topological polar surface area (TPSA) is 39.1 Å². The lowest BCUT2D eigenvalue weighted by Gasteiger charge is -2.17. The molecule has 0 spiro atoms. The third-order valence-corrected chi connectivity index (χ3v) is 3.46. The minimum atomic E-state index is 0.305. The maximum atomic E-state index is 5.39. The number of methoxy groups -OCH3 is 1. The summed E-state index contributed by atoms with van der Waals surface area (Å²) in [4.78, 5) is 4.04. The van der Waals surface area contributed by atoms with Crippen molar-refractivity contribution in [2.45, 2.75) is 32.4 Å². The molecule has 0 amide bonds. The van der Waals surface area contributed by atoms with Crippen molar-refractivity contribution >= 4 is 0 Å². The molecule has 0 aliphatic heterocycles. The third-order valence-electron chi connectivity index (χ3n) is 3.46. The van der Waals surface area contributed by atoms with Crippen molar-refractivity contribution in [2.24, 2.45) is 0 Å². The normalized spacial score (nSPS) is 12.3. The van der Waals surface area contributed by atoms with Crippen molar-refractivity contribution in [3.63, 3.8) is 0 Å². The number of hydrogen-bond acceptors (Lipinski definition) is 3. The van der Waals surface area contributed by atoms with Crippen LogP contribution in [0.4, 0.5) is 0 Å². The van der Waals surface area contributed by atoms with Crippen LogP contribution >= 0.6 is 0 Å². The number of para-hydroxylation sites is 1. The number of aromatic nitrogens is 2. The molecule has 0 fully saturated rings. The number of nitrogens with zero attached hydrogens (tertiary/aromatic N) is 2. The molecule has 1 aromatic carbocycles. The molecule has 1 N–H and O–H groups in total. The molecular formula is C16H23N3O. The zero-order valence-electron chi connectivity index (χ0n) is 12.2. The lowest BCUT2D eigenvalue weighted by molar-refractivity contribution is 0.401. The summed E-state index contributed by atoms with van der Waals surface area (Å²) in [6.07, 6.45) is 8.00. The second-order valence-electron chi connectivity index (χ2n) is 4.93. The van der Waals surface area contributed by atoms with E-state index in [1.54, 1.807) is 7.11 Å². The maximum Gasteiger partial charge on any atom is 0.123 e. The largest absolute Gasteiger partial charge is 0.496 e. The lowest BCUT2D eigenvalue weighted by Crippen LogP contribution is -2.20. The van der Waals surface area contributed by atoms with Crippen molar-refractivity contribution < 1.29 is 4.74 Å². The van der Waals surface area contributed by atoms with E-state index in [2.05, 4.69) is 33.9 Å². The molecule has 0 aliphatic rings. The van der Waals surface area contributed by atoms with Gasteiger partial charge in [-0.3, -0.25) is 0 Å². The molecule has 2 rings (SSSR count). The van der Waals surface area contributed by atoms with Crippen LogP contribution in [0.1, 0.15) is 31.4 Å². The Morgan fingerprint density at radius 3 is 2.90 bits per heavy atom. The van der Waals surface area contributed by atoms with E-state index < -0.39 is 0 Å². The van der Waals surface area contributed by atoms with Crippen molar-refractivity contribution in [3.05, 3.63) is 48.5 Å². The summed E-state index contributed by atoms with van der Waals surface area (Å²) in [5.74, 6) is 0.950. The summed E-state index contributed by atoms with van der Waals surface area (Å²) in [5.41, 5.74) is 1.21. The Balaban J connectivity index is 1.70. The molecule has 0 saturated carbocycles. The van der Waals surface area contributed by atoms with Gasteiger partial charge in [0.1, 0.15) is 5.75 Å². The Labute approximate surface area is 120 Å². The number of rotatable bonds is 8. The number of unbranched alkanes of at least 4 members (excludes halogenated alkanes) is 1. The zero-order chi connectivity index (χ0) is 14.2. The molecule has 0 bridgehead atoms. The van der Waals surface area contributed by atoms with Crippen LogP contribution in [0.3, 0.4) is 0 Å². The minimum Gasteiger partial charge on any atom is -0.496 e. The summed E-state index contributed by atoms with van der Waals surface area (Å²) < 4.78 is 7.51. The standard InChI is InChI=1S/C16H23N3O/c1-14(15-7-3-4-8-16(15)20-2)18-9-5-6-11-19-12-10-17-13-19/h3-4,7-8,10,12-14,18H,5-6,9,11H2,1-2H3. The highest BCUT2D eigenvalue weighted by atomic mass is 16.5. The first-order chi connectivity index (χ1) is 9.81. The fraction of sp³-hybridized carbons (Fsp3) is 0.438. The number of hydrogen-bond donors (Lipinski definition) is 1. The van der Waals surface area contributed by atoms with Crippen molar-refractivity contribution in [1.29, 1.82) is 0 Å². The van der Waals surface area contributed by atoms with Gasteiger partial charge in [-0.05, 0) is 32.4 Å². The summed E-state index contributed by atoms with van der Waals surface area (Å²) in [6.45, 7) is 4.21. The van der Waals surface area contributed by atoms with Crippen LogP contribution in [0.5, 0.6) is 5.75 Å². The Bertz CT molecular complexity index is 496. The van der Waals surface area contributed by atoms with Gasteiger partial charge in [-0.25, -0.2) is 4.98 Å². The monoisotopic (exact) mass is 273 g/mol. The molecule has 108 valence electrons. The molecule has 4 heteroatoms. The van der Waals surface area contributed by atoms with Gasteiger partial charge in [-0.1, -0.05) is 18.2 Å². The first-order valence-electron chi connectivity index (χ1n) is 7.13. The van der Waals surface area contributed by atoms with Gasteiger partial charge >= 0.3 is 0 Å². The van der Waals surface area contributed by atoms with Crippen LogP contribution in [-0.2, 0) is 6.54 Å². The van der Waals surface area contributed by atoms with E-state index in [9.17, 15) is 0 Å². The van der Waals surface area contributed by atoms with Gasteiger partial charge in [-0.2, -0.15) is 0 Å². The quantitative estimate of drug-likeness (QED) is 0.751. The van der Waals surface area contributed by atoms with Gasteiger partial charge in [0.05, 0.1) is 13.4 Å². The van der Waals surface area contributed by atoms with Crippen LogP contribution in [0.25, 0.3) is 0 Å². The van der Waals surface area contributed by atoms with E-state index in [0.717, 1.165) is 31.7 Å². The lowest BCUT2D eigenvalue weighted by atomic mass is 10.1. The highest BCUT2D eigenvalue weighted by molar-refractivity contribution is 5.35.